The van der Waals surface area contributed by atoms with Crippen LogP contribution >= 0.6 is 0 Å². The van der Waals surface area contributed by atoms with Crippen molar-refractivity contribution in [2.75, 3.05) is 7.05 Å². The Kier molecular flexibility index (Phi) is 6.44. The van der Waals surface area contributed by atoms with Gasteiger partial charge in [0.1, 0.15) is 11.4 Å². The molecule has 3 aromatic rings. The van der Waals surface area contributed by atoms with E-state index in [-0.39, 0.29) is 11.1 Å². The first-order valence-electron chi connectivity index (χ1n) is 9.94. The second-order valence-corrected chi connectivity index (χ2v) is 8.01. The molecule has 2 aromatic heterocycles. The topological polar surface area (TPSA) is 95.7 Å². The predicted octanol–water partition coefficient (Wildman–Crippen LogP) is 4.59. The number of hydrogen-bond acceptors (Lipinski definition) is 6. The Balaban J connectivity index is 2.03. The minimum absolute atomic E-state index is 0.101. The lowest BCUT2D eigenvalue weighted by atomic mass is 9.84. The second-order valence-electron chi connectivity index (χ2n) is 8.01. The first kappa shape index (κ1) is 23.8. The molecule has 0 unspecified atom stereocenters. The Morgan fingerprint density at radius 3 is 2.27 bits per heavy atom. The van der Waals surface area contributed by atoms with E-state index in [9.17, 15) is 23.2 Å². The molecule has 2 heterocycles. The summed E-state index contributed by atoms with van der Waals surface area (Å²) in [4.78, 5) is 31.4. The number of nitriles is 1. The molecule has 7 nitrogen and oxygen atoms in total. The van der Waals surface area contributed by atoms with Gasteiger partial charge in [-0.1, -0.05) is 0 Å². The molecule has 0 radical (unpaired) electrons. The van der Waals surface area contributed by atoms with Crippen molar-refractivity contribution in [3.63, 3.8) is 0 Å². The van der Waals surface area contributed by atoms with Gasteiger partial charge in [0, 0.05) is 37.4 Å². The molecular weight excluding hydrogens is 433 g/mol. The van der Waals surface area contributed by atoms with Crippen LogP contribution in [0.1, 0.15) is 54.0 Å². The summed E-state index contributed by atoms with van der Waals surface area (Å²) in [5.41, 5.74) is -1.01. The van der Waals surface area contributed by atoms with Crippen molar-refractivity contribution < 1.29 is 18.0 Å². The van der Waals surface area contributed by atoms with Crippen molar-refractivity contribution in [1.82, 2.24) is 24.8 Å². The van der Waals surface area contributed by atoms with E-state index in [1.807, 2.05) is 6.07 Å². The van der Waals surface area contributed by atoms with Gasteiger partial charge in [-0.15, -0.1) is 0 Å². The fourth-order valence-electron chi connectivity index (χ4n) is 3.18. The molecule has 0 spiro atoms. The van der Waals surface area contributed by atoms with Crippen LogP contribution in [0.25, 0.3) is 11.4 Å². The summed E-state index contributed by atoms with van der Waals surface area (Å²) in [6.07, 6.45) is 2.77. The third-order valence-corrected chi connectivity index (χ3v) is 5.34. The van der Waals surface area contributed by atoms with Gasteiger partial charge in [-0.25, -0.2) is 0 Å². The number of nitrogens with zero attached hydrogens (tertiary/aromatic N) is 6. The minimum atomic E-state index is -4.68. The maximum Gasteiger partial charge on any atom is 0.416 e. The molecule has 3 rings (SSSR count). The van der Waals surface area contributed by atoms with Gasteiger partial charge in [0.25, 0.3) is 5.91 Å². The Hall–Kier alpha value is -3.87. The number of alkyl halides is 3. The summed E-state index contributed by atoms with van der Waals surface area (Å²) in [5, 5.41) is 9.40. The molecule has 0 fully saturated rings. The first-order valence-corrected chi connectivity index (χ1v) is 9.94. The average molecular weight is 454 g/mol. The summed E-state index contributed by atoms with van der Waals surface area (Å²) in [6, 6.07) is 4.35. The highest BCUT2D eigenvalue weighted by atomic mass is 19.4. The van der Waals surface area contributed by atoms with Gasteiger partial charge in [-0.2, -0.15) is 18.4 Å². The van der Waals surface area contributed by atoms with Crippen molar-refractivity contribution >= 4 is 5.91 Å². The monoisotopic (exact) mass is 454 g/mol. The Bertz CT molecular complexity index is 1200. The highest BCUT2D eigenvalue weighted by Gasteiger charge is 2.35. The Morgan fingerprint density at radius 1 is 1.03 bits per heavy atom. The van der Waals surface area contributed by atoms with Crippen molar-refractivity contribution in [2.24, 2.45) is 0 Å². The molecule has 0 saturated carbocycles. The first-order chi connectivity index (χ1) is 15.5. The Morgan fingerprint density at radius 2 is 1.67 bits per heavy atom. The maximum atomic E-state index is 13.5. The normalized spacial score (nSPS) is 12.7. The molecule has 0 saturated heterocycles. The van der Waals surface area contributed by atoms with Gasteiger partial charge in [0.05, 0.1) is 35.0 Å². The number of benzene rings is 1. The zero-order chi connectivity index (χ0) is 24.4. The van der Waals surface area contributed by atoms with Crippen LogP contribution in [0.15, 0.2) is 49.2 Å². The quantitative estimate of drug-likeness (QED) is 0.560. The van der Waals surface area contributed by atoms with Crippen LogP contribution in [-0.4, -0.2) is 37.8 Å². The van der Waals surface area contributed by atoms with E-state index in [1.54, 1.807) is 6.92 Å². The number of hydrogen-bond donors (Lipinski definition) is 0. The lowest BCUT2D eigenvalue weighted by Crippen LogP contribution is -2.31. The van der Waals surface area contributed by atoms with E-state index in [4.69, 9.17) is 0 Å². The van der Waals surface area contributed by atoms with E-state index in [1.165, 1.54) is 62.8 Å². The van der Waals surface area contributed by atoms with Crippen LogP contribution in [0.5, 0.6) is 0 Å². The van der Waals surface area contributed by atoms with Gasteiger partial charge < -0.3 is 4.90 Å². The fourth-order valence-corrected chi connectivity index (χ4v) is 3.18. The lowest BCUT2D eigenvalue weighted by molar-refractivity contribution is -0.137. The van der Waals surface area contributed by atoms with Gasteiger partial charge in [-0.3, -0.25) is 24.7 Å². The number of halogens is 3. The van der Waals surface area contributed by atoms with Crippen LogP contribution in [-0.2, 0) is 11.6 Å². The molecule has 170 valence electrons. The van der Waals surface area contributed by atoms with Gasteiger partial charge in [0.15, 0.2) is 0 Å². The standard InChI is InChI=1S/C23H21F3N6O/c1-14(19-20(31-8-7-30-19)18-12-28-5-6-29-18)32(4)21(33)15-9-16(22(2,3)13-27)11-17(10-15)23(24,25)26/h5-12,14H,1-4H3/t14-/m0/s1. The second kappa shape index (κ2) is 8.94. The van der Waals surface area contributed by atoms with Crippen LogP contribution in [0.2, 0.25) is 0 Å². The molecule has 33 heavy (non-hydrogen) atoms. The molecular formula is C23H21F3N6O. The van der Waals surface area contributed by atoms with Gasteiger partial charge >= 0.3 is 6.18 Å². The lowest BCUT2D eigenvalue weighted by Gasteiger charge is -2.27. The number of amides is 1. The van der Waals surface area contributed by atoms with Crippen LogP contribution in [0.4, 0.5) is 13.2 Å². The highest BCUT2D eigenvalue weighted by Crippen LogP contribution is 2.35. The SMILES string of the molecule is C[C@@H](c1nccnc1-c1cnccn1)N(C)C(=O)c1cc(C(F)(F)F)cc(C(C)(C)C#N)c1. The summed E-state index contributed by atoms with van der Waals surface area (Å²) in [5.74, 6) is -0.653. The average Bonchev–Trinajstić information content (AvgIpc) is 2.82. The third kappa shape index (κ3) is 4.98. The summed E-state index contributed by atoms with van der Waals surface area (Å²) < 4.78 is 40.6. The molecule has 1 amide bonds. The Labute approximate surface area is 189 Å². The molecule has 0 aliphatic rings. The molecule has 0 N–H and O–H groups in total. The largest absolute Gasteiger partial charge is 0.416 e. The van der Waals surface area contributed by atoms with E-state index in [2.05, 4.69) is 19.9 Å². The number of rotatable bonds is 5. The molecule has 0 aliphatic heterocycles. The molecule has 1 atom stereocenters. The van der Waals surface area contributed by atoms with Crippen LogP contribution in [0, 0.1) is 11.3 Å². The third-order valence-electron chi connectivity index (χ3n) is 5.34. The van der Waals surface area contributed by atoms with E-state index in [0.29, 0.717) is 17.1 Å². The van der Waals surface area contributed by atoms with Crippen molar-refractivity contribution in [3.05, 3.63) is 71.6 Å². The molecule has 1 aromatic carbocycles. The number of aromatic nitrogens is 4. The molecule has 0 bridgehead atoms. The van der Waals surface area contributed by atoms with E-state index in [0.717, 1.165) is 12.1 Å². The molecule has 0 aliphatic carbocycles. The van der Waals surface area contributed by atoms with E-state index < -0.39 is 29.1 Å². The van der Waals surface area contributed by atoms with Crippen molar-refractivity contribution in [1.29, 1.82) is 5.26 Å². The predicted molar refractivity (Wildman–Crippen MR) is 114 cm³/mol. The van der Waals surface area contributed by atoms with Crippen LogP contribution in [0.3, 0.4) is 0 Å². The van der Waals surface area contributed by atoms with Gasteiger partial charge in [-0.05, 0) is 44.5 Å². The highest BCUT2D eigenvalue weighted by molar-refractivity contribution is 5.95. The zero-order valence-electron chi connectivity index (χ0n) is 18.4. The summed E-state index contributed by atoms with van der Waals surface area (Å²) in [6.45, 7) is 4.68. The zero-order valence-corrected chi connectivity index (χ0v) is 18.4. The summed E-state index contributed by atoms with van der Waals surface area (Å²) in [7, 11) is 1.47. The summed E-state index contributed by atoms with van der Waals surface area (Å²) >= 11 is 0. The van der Waals surface area contributed by atoms with Crippen LogP contribution < -0.4 is 0 Å². The van der Waals surface area contributed by atoms with E-state index >= 15 is 0 Å². The van der Waals surface area contributed by atoms with Crippen molar-refractivity contribution in [2.45, 2.75) is 38.4 Å². The van der Waals surface area contributed by atoms with Gasteiger partial charge in [0.2, 0.25) is 0 Å². The number of carbonyl (C=O) groups is 1. The molecule has 10 heteroatoms. The van der Waals surface area contributed by atoms with Crippen molar-refractivity contribution in [3.8, 4) is 17.5 Å². The number of carbonyl (C=O) groups excluding carboxylic acids is 1. The minimum Gasteiger partial charge on any atom is -0.333 e. The fraction of sp³-hybridized carbons (Fsp3) is 0.304. The smallest absolute Gasteiger partial charge is 0.333 e. The maximum absolute atomic E-state index is 13.5.